The van der Waals surface area contributed by atoms with E-state index in [-0.39, 0.29) is 5.92 Å². The lowest BCUT2D eigenvalue weighted by Crippen LogP contribution is -2.42. The van der Waals surface area contributed by atoms with Gasteiger partial charge in [0.1, 0.15) is 5.82 Å². The summed E-state index contributed by atoms with van der Waals surface area (Å²) in [5, 5.41) is 0. The van der Waals surface area contributed by atoms with E-state index < -0.39 is 0 Å². The molecule has 1 amide bonds. The van der Waals surface area contributed by atoms with Crippen LogP contribution >= 0.6 is 0 Å². The van der Waals surface area contributed by atoms with Gasteiger partial charge < -0.3 is 9.64 Å². The molecule has 5 nitrogen and oxygen atoms in total. The first-order valence-electron chi connectivity index (χ1n) is 9.88. The zero-order chi connectivity index (χ0) is 17.6. The molecule has 0 radical (unpaired) electrons. The maximum Gasteiger partial charge on any atom is 0.225 e. The van der Waals surface area contributed by atoms with E-state index >= 15 is 0 Å². The first kappa shape index (κ1) is 18.3. The van der Waals surface area contributed by atoms with Crippen LogP contribution in [0.1, 0.15) is 74.9 Å². The Morgan fingerprint density at radius 2 is 1.92 bits per heavy atom. The number of hydrogen-bond acceptors (Lipinski definition) is 4. The summed E-state index contributed by atoms with van der Waals surface area (Å²) in [5.74, 6) is 1.90. The summed E-state index contributed by atoms with van der Waals surface area (Å²) in [6.07, 6.45) is 9.79. The van der Waals surface area contributed by atoms with Crippen molar-refractivity contribution in [3.05, 3.63) is 23.3 Å². The lowest BCUT2D eigenvalue weighted by Gasteiger charge is -2.35. The van der Waals surface area contributed by atoms with Crippen LogP contribution in [0.4, 0.5) is 0 Å². The normalized spacial score (nSPS) is 20.0. The third-order valence-electron chi connectivity index (χ3n) is 5.63. The fraction of sp³-hybridized carbons (Fsp3) is 0.750. The van der Waals surface area contributed by atoms with Gasteiger partial charge in [0.05, 0.1) is 12.3 Å². The van der Waals surface area contributed by atoms with E-state index in [1.165, 1.54) is 19.3 Å². The minimum atomic E-state index is 0.278. The molecule has 1 saturated heterocycles. The Balaban J connectivity index is 1.62. The van der Waals surface area contributed by atoms with E-state index in [1.807, 2.05) is 20.0 Å². The maximum absolute atomic E-state index is 12.7. The second-order valence-electron chi connectivity index (χ2n) is 7.40. The van der Waals surface area contributed by atoms with Crippen molar-refractivity contribution in [3.63, 3.8) is 0 Å². The van der Waals surface area contributed by atoms with Crippen molar-refractivity contribution < 1.29 is 9.53 Å². The molecule has 138 valence electrons. The molecule has 0 spiro atoms. The quantitative estimate of drug-likeness (QED) is 0.818. The molecule has 1 aromatic heterocycles. The Morgan fingerprint density at radius 1 is 1.20 bits per heavy atom. The monoisotopic (exact) mass is 345 g/mol. The lowest BCUT2D eigenvalue weighted by molar-refractivity contribution is -0.137. The number of likely N-dealkylation sites (tertiary alicyclic amines) is 1. The SMILES string of the molecule is CCOCc1cnc(C)nc1C1CCN(C(=O)C2CCCCC2)CC1. The topological polar surface area (TPSA) is 55.3 Å². The van der Waals surface area contributed by atoms with Crippen molar-refractivity contribution in [1.29, 1.82) is 0 Å². The Kier molecular flexibility index (Phi) is 6.40. The molecule has 1 aliphatic carbocycles. The molecule has 0 atom stereocenters. The van der Waals surface area contributed by atoms with Crippen LogP contribution in [-0.4, -0.2) is 40.5 Å². The largest absolute Gasteiger partial charge is 0.377 e. The zero-order valence-electron chi connectivity index (χ0n) is 15.7. The van der Waals surface area contributed by atoms with Gasteiger partial charge in [-0.05, 0) is 39.5 Å². The highest BCUT2D eigenvalue weighted by Gasteiger charge is 2.30. The summed E-state index contributed by atoms with van der Waals surface area (Å²) in [6.45, 7) is 6.93. The Hall–Kier alpha value is -1.49. The van der Waals surface area contributed by atoms with Crippen molar-refractivity contribution in [2.75, 3.05) is 19.7 Å². The third kappa shape index (κ3) is 4.57. The van der Waals surface area contributed by atoms with Gasteiger partial charge in [0.25, 0.3) is 0 Å². The van der Waals surface area contributed by atoms with E-state index in [4.69, 9.17) is 9.72 Å². The van der Waals surface area contributed by atoms with E-state index in [0.717, 1.165) is 55.9 Å². The maximum atomic E-state index is 12.7. The van der Waals surface area contributed by atoms with Gasteiger partial charge in [-0.1, -0.05) is 19.3 Å². The summed E-state index contributed by atoms with van der Waals surface area (Å²) in [6, 6.07) is 0. The summed E-state index contributed by atoms with van der Waals surface area (Å²) in [5.41, 5.74) is 2.23. The van der Waals surface area contributed by atoms with Crippen molar-refractivity contribution in [2.24, 2.45) is 5.92 Å². The molecule has 1 saturated carbocycles. The summed E-state index contributed by atoms with van der Waals surface area (Å²) in [7, 11) is 0. The van der Waals surface area contributed by atoms with Crippen LogP contribution < -0.4 is 0 Å². The number of aryl methyl sites for hydroxylation is 1. The lowest BCUT2D eigenvalue weighted by atomic mass is 9.86. The summed E-state index contributed by atoms with van der Waals surface area (Å²) >= 11 is 0. The van der Waals surface area contributed by atoms with E-state index in [1.54, 1.807) is 0 Å². The van der Waals surface area contributed by atoms with Gasteiger partial charge in [-0.2, -0.15) is 0 Å². The number of carbonyl (C=O) groups is 1. The van der Waals surface area contributed by atoms with E-state index in [2.05, 4.69) is 9.88 Å². The minimum absolute atomic E-state index is 0.278. The fourth-order valence-electron chi connectivity index (χ4n) is 4.17. The molecule has 0 aromatic carbocycles. The highest BCUT2D eigenvalue weighted by molar-refractivity contribution is 5.79. The van der Waals surface area contributed by atoms with Gasteiger partial charge in [-0.3, -0.25) is 4.79 Å². The molecule has 0 unspecified atom stereocenters. The van der Waals surface area contributed by atoms with Crippen LogP contribution in [0.2, 0.25) is 0 Å². The van der Waals surface area contributed by atoms with Crippen molar-refractivity contribution in [2.45, 2.75) is 71.3 Å². The van der Waals surface area contributed by atoms with Crippen LogP contribution in [-0.2, 0) is 16.1 Å². The zero-order valence-corrected chi connectivity index (χ0v) is 15.7. The molecule has 1 aliphatic heterocycles. The number of carbonyl (C=O) groups excluding carboxylic acids is 1. The Morgan fingerprint density at radius 3 is 2.60 bits per heavy atom. The molecule has 2 aliphatic rings. The number of rotatable bonds is 5. The Labute approximate surface area is 151 Å². The standard InChI is InChI=1S/C20H31N3O2/c1-3-25-14-18-13-21-15(2)22-19(18)16-9-11-23(12-10-16)20(24)17-7-5-4-6-8-17/h13,16-17H,3-12,14H2,1-2H3. The number of nitrogens with zero attached hydrogens (tertiary/aromatic N) is 3. The molecule has 2 heterocycles. The van der Waals surface area contributed by atoms with Gasteiger partial charge in [-0.15, -0.1) is 0 Å². The van der Waals surface area contributed by atoms with Crippen LogP contribution in [0.5, 0.6) is 0 Å². The number of piperidine rings is 1. The van der Waals surface area contributed by atoms with Gasteiger partial charge in [-0.25, -0.2) is 9.97 Å². The van der Waals surface area contributed by atoms with Gasteiger partial charge in [0, 0.05) is 43.3 Å². The van der Waals surface area contributed by atoms with Gasteiger partial charge >= 0.3 is 0 Å². The molecular formula is C20H31N3O2. The minimum Gasteiger partial charge on any atom is -0.377 e. The molecule has 0 bridgehead atoms. The van der Waals surface area contributed by atoms with Crippen molar-refractivity contribution in [1.82, 2.24) is 14.9 Å². The van der Waals surface area contributed by atoms with Crippen LogP contribution in [0.15, 0.2) is 6.20 Å². The van der Waals surface area contributed by atoms with Crippen LogP contribution in [0.25, 0.3) is 0 Å². The van der Waals surface area contributed by atoms with Crippen LogP contribution in [0.3, 0.4) is 0 Å². The van der Waals surface area contributed by atoms with Crippen molar-refractivity contribution in [3.8, 4) is 0 Å². The number of ether oxygens (including phenoxy) is 1. The van der Waals surface area contributed by atoms with E-state index in [9.17, 15) is 4.79 Å². The average molecular weight is 345 g/mol. The molecule has 0 N–H and O–H groups in total. The number of hydrogen-bond donors (Lipinski definition) is 0. The number of amides is 1. The molecule has 1 aromatic rings. The second kappa shape index (κ2) is 8.75. The highest BCUT2D eigenvalue weighted by Crippen LogP contribution is 2.32. The molecule has 2 fully saturated rings. The summed E-state index contributed by atoms with van der Waals surface area (Å²) < 4.78 is 5.59. The molecular weight excluding hydrogens is 314 g/mol. The van der Waals surface area contributed by atoms with E-state index in [0.29, 0.717) is 25.0 Å². The second-order valence-corrected chi connectivity index (χ2v) is 7.40. The smallest absolute Gasteiger partial charge is 0.225 e. The number of aromatic nitrogens is 2. The Bertz CT molecular complexity index is 576. The first-order chi connectivity index (χ1) is 12.2. The van der Waals surface area contributed by atoms with Crippen molar-refractivity contribution >= 4 is 5.91 Å². The predicted octanol–water partition coefficient (Wildman–Crippen LogP) is 3.61. The third-order valence-corrected chi connectivity index (χ3v) is 5.63. The predicted molar refractivity (Wildman–Crippen MR) is 97.2 cm³/mol. The van der Waals surface area contributed by atoms with Gasteiger partial charge in [0.2, 0.25) is 5.91 Å². The summed E-state index contributed by atoms with van der Waals surface area (Å²) in [4.78, 5) is 23.9. The molecule has 25 heavy (non-hydrogen) atoms. The van der Waals surface area contributed by atoms with Crippen LogP contribution in [0, 0.1) is 12.8 Å². The molecule has 5 heteroatoms. The molecule has 3 rings (SSSR count). The first-order valence-corrected chi connectivity index (χ1v) is 9.88. The average Bonchev–Trinajstić information content (AvgIpc) is 2.67. The fourth-order valence-corrected chi connectivity index (χ4v) is 4.17. The highest BCUT2D eigenvalue weighted by atomic mass is 16.5. The van der Waals surface area contributed by atoms with Gasteiger partial charge in [0.15, 0.2) is 0 Å².